The zero-order chi connectivity index (χ0) is 20.4. The molecule has 1 heterocycles. The van der Waals surface area contributed by atoms with Crippen molar-refractivity contribution in [2.75, 3.05) is 19.7 Å². The minimum Gasteiger partial charge on any atom is -0.441 e. The maximum absolute atomic E-state index is 13.3. The Bertz CT molecular complexity index is 763. The zero-order valence-corrected chi connectivity index (χ0v) is 18.6. The van der Waals surface area contributed by atoms with E-state index in [2.05, 4.69) is 12.1 Å². The van der Waals surface area contributed by atoms with Gasteiger partial charge in [0, 0.05) is 7.11 Å². The van der Waals surface area contributed by atoms with Crippen LogP contribution in [-0.4, -0.2) is 40.5 Å². The molecule has 1 aromatic rings. The van der Waals surface area contributed by atoms with Gasteiger partial charge in [0.05, 0.1) is 5.57 Å². The predicted molar refractivity (Wildman–Crippen MR) is 113 cm³/mol. The summed E-state index contributed by atoms with van der Waals surface area (Å²) in [5.74, 6) is 1.04. The Morgan fingerprint density at radius 2 is 1.81 bits per heavy atom. The van der Waals surface area contributed by atoms with Crippen LogP contribution in [-0.2, 0) is 19.1 Å². The van der Waals surface area contributed by atoms with Gasteiger partial charge in [0.1, 0.15) is 11.3 Å². The first-order chi connectivity index (χ1) is 12.6. The van der Waals surface area contributed by atoms with Crippen LogP contribution in [0.5, 0.6) is 0 Å². The monoisotopic (exact) mass is 409 g/mol. The molecule has 0 aliphatic carbocycles. The van der Waals surface area contributed by atoms with Crippen LogP contribution in [0.4, 0.5) is 0 Å². The fourth-order valence-electron chi connectivity index (χ4n) is 3.38. The smallest absolute Gasteiger partial charge is 0.282 e. The Labute approximate surface area is 171 Å². The van der Waals surface area contributed by atoms with E-state index in [4.69, 9.17) is 26.5 Å². The Morgan fingerprint density at radius 1 is 1.22 bits per heavy atom. The van der Waals surface area contributed by atoms with Crippen LogP contribution >= 0.6 is 24.0 Å². The van der Waals surface area contributed by atoms with Crippen molar-refractivity contribution in [1.29, 1.82) is 0 Å². The maximum atomic E-state index is 13.3. The minimum absolute atomic E-state index is 0.0320. The van der Waals surface area contributed by atoms with E-state index in [-0.39, 0.29) is 12.7 Å². The first-order valence-corrected chi connectivity index (χ1v) is 10.2. The van der Waals surface area contributed by atoms with Gasteiger partial charge in [-0.05, 0) is 69.3 Å². The number of amides is 1. The van der Waals surface area contributed by atoms with Crippen LogP contribution in [0.3, 0.4) is 0 Å². The average molecular weight is 410 g/mol. The van der Waals surface area contributed by atoms with Gasteiger partial charge in [0.15, 0.2) is 6.79 Å². The third-order valence-corrected chi connectivity index (χ3v) is 5.41. The van der Waals surface area contributed by atoms with E-state index in [1.165, 1.54) is 23.9 Å². The second-order valence-electron chi connectivity index (χ2n) is 6.96. The third kappa shape index (κ3) is 4.37. The number of hydroxylamine groups is 2. The molecule has 0 fully saturated rings. The topological polar surface area (TPSA) is 48.0 Å². The van der Waals surface area contributed by atoms with Crippen molar-refractivity contribution in [2.24, 2.45) is 0 Å². The molecule has 0 saturated carbocycles. The fourth-order valence-corrected chi connectivity index (χ4v) is 4.19. The lowest BCUT2D eigenvalue weighted by molar-refractivity contribution is -0.238. The van der Waals surface area contributed by atoms with Crippen LogP contribution in [0.15, 0.2) is 17.9 Å². The van der Waals surface area contributed by atoms with Crippen LogP contribution in [0.1, 0.15) is 43.0 Å². The highest BCUT2D eigenvalue weighted by Crippen LogP contribution is 2.43. The number of carbonyl (C=O) groups excluding carboxylic acids is 1. The number of ether oxygens (including phenoxy) is 2. The molecule has 0 unspecified atom stereocenters. The fraction of sp³-hybridized carbons (Fsp3) is 0.500. The lowest BCUT2D eigenvalue weighted by Crippen LogP contribution is -2.44. The Kier molecular flexibility index (Phi) is 7.08. The van der Waals surface area contributed by atoms with E-state index in [9.17, 15) is 4.79 Å². The highest BCUT2D eigenvalue weighted by atomic mass is 32.2. The van der Waals surface area contributed by atoms with Crippen molar-refractivity contribution < 1.29 is 19.1 Å². The molecule has 27 heavy (non-hydrogen) atoms. The van der Waals surface area contributed by atoms with E-state index in [0.29, 0.717) is 15.7 Å². The summed E-state index contributed by atoms with van der Waals surface area (Å²) in [5.41, 5.74) is 3.69. The van der Waals surface area contributed by atoms with Crippen molar-refractivity contribution in [3.63, 3.8) is 0 Å². The van der Waals surface area contributed by atoms with Crippen molar-refractivity contribution in [3.05, 3.63) is 40.1 Å². The SMILES string of the molecule is CCSC(=S)OC1=C(c2c(C)cc(C)cc2C)C(=O)N(OCOC)C1(C)C. The number of methoxy groups -OCH3 is 1. The summed E-state index contributed by atoms with van der Waals surface area (Å²) in [6.07, 6.45) is 0. The van der Waals surface area contributed by atoms with E-state index in [1.807, 2.05) is 41.5 Å². The number of rotatable bonds is 6. The lowest BCUT2D eigenvalue weighted by atomic mass is 9.91. The second-order valence-corrected chi connectivity index (χ2v) is 8.82. The van der Waals surface area contributed by atoms with E-state index < -0.39 is 5.54 Å². The van der Waals surface area contributed by atoms with Gasteiger partial charge in [-0.1, -0.05) is 36.4 Å². The van der Waals surface area contributed by atoms with Gasteiger partial charge in [-0.2, -0.15) is 0 Å². The van der Waals surface area contributed by atoms with Crippen molar-refractivity contribution in [2.45, 2.75) is 47.1 Å². The molecular weight excluding hydrogens is 382 g/mol. The quantitative estimate of drug-likeness (QED) is 0.508. The van der Waals surface area contributed by atoms with E-state index in [1.54, 1.807) is 0 Å². The number of hydrogen-bond acceptors (Lipinski definition) is 6. The average Bonchev–Trinajstić information content (AvgIpc) is 2.72. The molecule has 1 aliphatic rings. The molecule has 7 heteroatoms. The number of thiocarbonyl (C=S) groups is 1. The molecule has 0 N–H and O–H groups in total. The highest BCUT2D eigenvalue weighted by Gasteiger charge is 2.50. The summed E-state index contributed by atoms with van der Waals surface area (Å²) in [7, 11) is 1.51. The minimum atomic E-state index is -0.826. The molecule has 0 atom stereocenters. The Morgan fingerprint density at radius 3 is 2.33 bits per heavy atom. The summed E-state index contributed by atoms with van der Waals surface area (Å²) in [4.78, 5) is 18.9. The molecule has 0 bridgehead atoms. The van der Waals surface area contributed by atoms with E-state index >= 15 is 0 Å². The number of carbonyl (C=O) groups is 1. The van der Waals surface area contributed by atoms with Crippen LogP contribution in [0, 0.1) is 20.8 Å². The van der Waals surface area contributed by atoms with Crippen molar-refractivity contribution in [1.82, 2.24) is 5.06 Å². The molecule has 2 rings (SSSR count). The summed E-state index contributed by atoms with van der Waals surface area (Å²) in [6.45, 7) is 11.8. The second kappa shape index (κ2) is 8.73. The number of nitrogens with zero attached hydrogens (tertiary/aromatic N) is 1. The lowest BCUT2D eigenvalue weighted by Gasteiger charge is -2.31. The highest BCUT2D eigenvalue weighted by molar-refractivity contribution is 8.22. The molecule has 1 aliphatic heterocycles. The van der Waals surface area contributed by atoms with Gasteiger partial charge in [-0.3, -0.25) is 4.79 Å². The summed E-state index contributed by atoms with van der Waals surface area (Å²) in [6, 6.07) is 4.12. The molecule has 148 valence electrons. The molecule has 0 saturated heterocycles. The summed E-state index contributed by atoms with van der Waals surface area (Å²) >= 11 is 6.78. The van der Waals surface area contributed by atoms with Gasteiger partial charge >= 0.3 is 0 Å². The van der Waals surface area contributed by atoms with Crippen LogP contribution in [0.25, 0.3) is 5.57 Å². The third-order valence-electron chi connectivity index (χ3n) is 4.36. The molecule has 1 aromatic carbocycles. The van der Waals surface area contributed by atoms with Crippen LogP contribution in [0.2, 0.25) is 0 Å². The number of benzene rings is 1. The van der Waals surface area contributed by atoms with Gasteiger partial charge < -0.3 is 9.47 Å². The normalized spacial score (nSPS) is 16.3. The number of thioether (sulfide) groups is 1. The van der Waals surface area contributed by atoms with Crippen LogP contribution < -0.4 is 0 Å². The Hall–Kier alpha value is -1.41. The molecule has 0 radical (unpaired) electrons. The largest absolute Gasteiger partial charge is 0.441 e. The molecule has 0 aromatic heterocycles. The Balaban J connectivity index is 2.65. The van der Waals surface area contributed by atoms with Crippen molar-refractivity contribution >= 4 is 39.8 Å². The van der Waals surface area contributed by atoms with E-state index in [0.717, 1.165) is 28.0 Å². The van der Waals surface area contributed by atoms with Gasteiger partial charge in [-0.15, -0.1) is 0 Å². The summed E-state index contributed by atoms with van der Waals surface area (Å²) in [5, 5.41) is 1.32. The van der Waals surface area contributed by atoms with Gasteiger partial charge in [-0.25, -0.2) is 9.90 Å². The first-order valence-electron chi connectivity index (χ1n) is 8.79. The molecule has 1 amide bonds. The standard InChI is InChI=1S/C20H27NO4S2/c1-8-27-19(26)25-17-16(15-13(3)9-12(2)10-14(15)4)18(22)21(20(17,5)6)24-11-23-7/h9-10H,8,11H2,1-7H3. The molecule has 0 spiro atoms. The molecular formula is C20H27NO4S2. The predicted octanol–water partition coefficient (Wildman–Crippen LogP) is 4.53. The van der Waals surface area contributed by atoms with Gasteiger partial charge in [0.2, 0.25) is 4.38 Å². The van der Waals surface area contributed by atoms with Gasteiger partial charge in [0.25, 0.3) is 5.91 Å². The zero-order valence-electron chi connectivity index (χ0n) is 17.0. The maximum Gasteiger partial charge on any atom is 0.282 e. The number of hydrogen-bond donors (Lipinski definition) is 0. The molecule has 5 nitrogen and oxygen atoms in total. The van der Waals surface area contributed by atoms with Crippen molar-refractivity contribution in [3.8, 4) is 0 Å². The first kappa shape index (κ1) is 21.9. The summed E-state index contributed by atoms with van der Waals surface area (Å²) < 4.78 is 11.4. The number of aryl methyl sites for hydroxylation is 3.